The van der Waals surface area contributed by atoms with Crippen molar-refractivity contribution < 1.29 is 22.3 Å². The van der Waals surface area contributed by atoms with Crippen molar-refractivity contribution in [3.63, 3.8) is 0 Å². The van der Waals surface area contributed by atoms with Crippen molar-refractivity contribution in [3.05, 3.63) is 35.4 Å². The Morgan fingerprint density at radius 2 is 2.00 bits per heavy atom. The van der Waals surface area contributed by atoms with Gasteiger partial charge in [0.05, 0.1) is 11.9 Å². The highest BCUT2D eigenvalue weighted by Gasteiger charge is 2.35. The van der Waals surface area contributed by atoms with Crippen molar-refractivity contribution in [2.75, 3.05) is 32.9 Å². The van der Waals surface area contributed by atoms with E-state index in [0.717, 1.165) is 10.4 Å². The zero-order chi connectivity index (χ0) is 16.5. The van der Waals surface area contributed by atoms with Crippen LogP contribution in [0.4, 0.5) is 8.78 Å². The average molecular weight is 334 g/mol. The molecule has 0 saturated carbocycles. The van der Waals surface area contributed by atoms with Crippen LogP contribution in [0.2, 0.25) is 0 Å². The van der Waals surface area contributed by atoms with Crippen LogP contribution in [-0.4, -0.2) is 61.8 Å². The summed E-state index contributed by atoms with van der Waals surface area (Å²) in [6, 6.07) is 3.36. The molecule has 2 unspecified atom stereocenters. The lowest BCUT2D eigenvalue weighted by molar-refractivity contribution is 0.148. The topological polar surface area (TPSA) is 60.9 Å². The standard InChI is InChI=1S/C14H20F2N2O3S/c1-17(2)22(20,21)9-11-7-18(8-14(11)19)6-10-3-4-12(15)5-13(10)16/h3-5,11,14,19H,6-9H2,1-2H3. The predicted octanol–water partition coefficient (Wildman–Crippen LogP) is 0.649. The number of aliphatic hydroxyl groups excluding tert-OH is 1. The van der Waals surface area contributed by atoms with Gasteiger partial charge in [-0.2, -0.15) is 0 Å². The number of aliphatic hydroxyl groups is 1. The Morgan fingerprint density at radius 3 is 2.59 bits per heavy atom. The van der Waals surface area contributed by atoms with E-state index in [0.29, 0.717) is 12.1 Å². The molecule has 0 amide bonds. The summed E-state index contributed by atoms with van der Waals surface area (Å²) in [6.45, 7) is 0.831. The molecule has 2 atom stereocenters. The molecule has 0 aliphatic carbocycles. The number of β-amino-alcohol motifs (C(OH)–C–C–N with tert-alkyl or cyclic N) is 1. The zero-order valence-corrected chi connectivity index (χ0v) is 13.4. The molecule has 1 aliphatic heterocycles. The summed E-state index contributed by atoms with van der Waals surface area (Å²) in [5.74, 6) is -1.85. The lowest BCUT2D eigenvalue weighted by Gasteiger charge is -2.18. The first-order valence-corrected chi connectivity index (χ1v) is 8.54. The minimum Gasteiger partial charge on any atom is -0.391 e. The Bertz CT molecular complexity index is 637. The molecule has 124 valence electrons. The van der Waals surface area contributed by atoms with Gasteiger partial charge in [0.2, 0.25) is 10.0 Å². The summed E-state index contributed by atoms with van der Waals surface area (Å²) >= 11 is 0. The summed E-state index contributed by atoms with van der Waals surface area (Å²) in [6.07, 6.45) is -0.779. The van der Waals surface area contributed by atoms with Crippen molar-refractivity contribution in [1.29, 1.82) is 0 Å². The third-order valence-corrected chi connectivity index (χ3v) is 5.83. The van der Waals surface area contributed by atoms with Crippen LogP contribution in [0.3, 0.4) is 0 Å². The molecule has 1 saturated heterocycles. The van der Waals surface area contributed by atoms with Crippen LogP contribution in [0, 0.1) is 17.6 Å². The minimum atomic E-state index is -3.40. The first-order chi connectivity index (χ1) is 10.2. The quantitative estimate of drug-likeness (QED) is 0.859. The summed E-state index contributed by atoms with van der Waals surface area (Å²) in [5.41, 5.74) is 0.324. The molecule has 5 nitrogen and oxygen atoms in total. The largest absolute Gasteiger partial charge is 0.391 e. The SMILES string of the molecule is CN(C)S(=O)(=O)CC1CN(Cc2ccc(F)cc2F)CC1O. The van der Waals surface area contributed by atoms with Gasteiger partial charge in [-0.1, -0.05) is 6.07 Å². The van der Waals surface area contributed by atoms with Crippen LogP contribution in [-0.2, 0) is 16.6 Å². The summed E-state index contributed by atoms with van der Waals surface area (Å²) in [7, 11) is -0.508. The van der Waals surface area contributed by atoms with Crippen molar-refractivity contribution in [3.8, 4) is 0 Å². The second-order valence-corrected chi connectivity index (χ2v) is 8.05. The van der Waals surface area contributed by atoms with Gasteiger partial charge in [0, 0.05) is 51.3 Å². The van der Waals surface area contributed by atoms with E-state index in [1.54, 1.807) is 4.90 Å². The van der Waals surface area contributed by atoms with Gasteiger partial charge in [0.1, 0.15) is 11.6 Å². The van der Waals surface area contributed by atoms with Gasteiger partial charge in [-0.15, -0.1) is 0 Å². The van der Waals surface area contributed by atoms with Gasteiger partial charge in [0.25, 0.3) is 0 Å². The normalized spacial score (nSPS) is 23.4. The number of rotatable bonds is 5. The molecule has 1 fully saturated rings. The maximum absolute atomic E-state index is 13.6. The van der Waals surface area contributed by atoms with Gasteiger partial charge in [-0.3, -0.25) is 4.90 Å². The molecule has 8 heteroatoms. The lowest BCUT2D eigenvalue weighted by atomic mass is 10.1. The number of nitrogens with zero attached hydrogens (tertiary/aromatic N) is 2. The molecule has 1 aromatic rings. The zero-order valence-electron chi connectivity index (χ0n) is 12.5. The van der Waals surface area contributed by atoms with E-state index in [9.17, 15) is 22.3 Å². The monoisotopic (exact) mass is 334 g/mol. The fourth-order valence-corrected chi connectivity index (χ4v) is 3.71. The number of likely N-dealkylation sites (tertiary alicyclic amines) is 1. The highest BCUT2D eigenvalue weighted by Crippen LogP contribution is 2.22. The smallest absolute Gasteiger partial charge is 0.214 e. The van der Waals surface area contributed by atoms with Crippen LogP contribution in [0.25, 0.3) is 0 Å². The number of halogens is 2. The van der Waals surface area contributed by atoms with Gasteiger partial charge in [0.15, 0.2) is 0 Å². The molecule has 22 heavy (non-hydrogen) atoms. The second kappa shape index (κ2) is 6.57. The van der Waals surface area contributed by atoms with Crippen molar-refractivity contribution in [2.45, 2.75) is 12.6 Å². The molecular weight excluding hydrogens is 314 g/mol. The maximum atomic E-state index is 13.6. The maximum Gasteiger partial charge on any atom is 0.214 e. The summed E-state index contributed by atoms with van der Waals surface area (Å²) < 4.78 is 51.4. The Morgan fingerprint density at radius 1 is 1.32 bits per heavy atom. The van der Waals surface area contributed by atoms with Gasteiger partial charge < -0.3 is 5.11 Å². The molecular formula is C14H20F2N2O3S. The van der Waals surface area contributed by atoms with E-state index in [2.05, 4.69) is 0 Å². The first-order valence-electron chi connectivity index (χ1n) is 6.93. The third-order valence-electron chi connectivity index (χ3n) is 3.87. The van der Waals surface area contributed by atoms with E-state index < -0.39 is 33.7 Å². The van der Waals surface area contributed by atoms with E-state index in [1.807, 2.05) is 0 Å². The highest BCUT2D eigenvalue weighted by molar-refractivity contribution is 7.89. The van der Waals surface area contributed by atoms with Crippen molar-refractivity contribution in [1.82, 2.24) is 9.21 Å². The van der Waals surface area contributed by atoms with E-state index >= 15 is 0 Å². The van der Waals surface area contributed by atoms with E-state index in [4.69, 9.17) is 0 Å². The number of hydrogen-bond donors (Lipinski definition) is 1. The number of sulfonamides is 1. The molecule has 0 radical (unpaired) electrons. The second-order valence-electron chi connectivity index (χ2n) is 5.82. The summed E-state index contributed by atoms with van der Waals surface area (Å²) in [5, 5.41) is 10.0. The number of hydrogen-bond acceptors (Lipinski definition) is 4. The van der Waals surface area contributed by atoms with Gasteiger partial charge in [-0.25, -0.2) is 21.5 Å². The molecule has 0 spiro atoms. The van der Waals surface area contributed by atoms with Crippen LogP contribution >= 0.6 is 0 Å². The Balaban J connectivity index is 2.02. The van der Waals surface area contributed by atoms with E-state index in [1.165, 1.54) is 26.2 Å². The van der Waals surface area contributed by atoms with Gasteiger partial charge >= 0.3 is 0 Å². The van der Waals surface area contributed by atoms with Crippen molar-refractivity contribution >= 4 is 10.0 Å². The molecule has 1 N–H and O–H groups in total. The molecule has 1 heterocycles. The average Bonchev–Trinajstić information content (AvgIpc) is 2.72. The van der Waals surface area contributed by atoms with E-state index in [-0.39, 0.29) is 18.8 Å². The van der Waals surface area contributed by atoms with Crippen LogP contribution in [0.15, 0.2) is 18.2 Å². The number of benzene rings is 1. The first kappa shape index (κ1) is 17.3. The fraction of sp³-hybridized carbons (Fsp3) is 0.571. The molecule has 2 rings (SSSR count). The fourth-order valence-electron chi connectivity index (χ4n) is 2.54. The Hall–Kier alpha value is -1.09. The lowest BCUT2D eigenvalue weighted by Crippen LogP contribution is -2.33. The van der Waals surface area contributed by atoms with Crippen molar-refractivity contribution in [2.24, 2.45) is 5.92 Å². The molecule has 0 aromatic heterocycles. The van der Waals surface area contributed by atoms with Crippen LogP contribution in [0.5, 0.6) is 0 Å². The molecule has 0 bridgehead atoms. The summed E-state index contributed by atoms with van der Waals surface area (Å²) in [4.78, 5) is 1.77. The minimum absolute atomic E-state index is 0.149. The molecule has 1 aromatic carbocycles. The Kier molecular flexibility index (Phi) is 5.16. The van der Waals surface area contributed by atoms with Crippen LogP contribution < -0.4 is 0 Å². The van der Waals surface area contributed by atoms with Crippen LogP contribution in [0.1, 0.15) is 5.56 Å². The predicted molar refractivity (Wildman–Crippen MR) is 78.6 cm³/mol. The third kappa shape index (κ3) is 4.01. The molecule has 1 aliphatic rings. The van der Waals surface area contributed by atoms with Gasteiger partial charge in [-0.05, 0) is 6.07 Å². The highest BCUT2D eigenvalue weighted by atomic mass is 32.2. The Labute approximate surface area is 129 Å².